The quantitative estimate of drug-likeness (QED) is 0.173. The van der Waals surface area contributed by atoms with Crippen molar-refractivity contribution in [3.8, 4) is 0 Å². The van der Waals surface area contributed by atoms with Gasteiger partial charge in [-0.3, -0.25) is 9.59 Å². The summed E-state index contributed by atoms with van der Waals surface area (Å²) >= 11 is 0. The minimum absolute atomic E-state index is 0.0439. The Morgan fingerprint density at radius 3 is 2.39 bits per heavy atom. The van der Waals surface area contributed by atoms with Crippen molar-refractivity contribution in [1.29, 1.82) is 0 Å². The molecule has 0 aromatic carbocycles. The third-order valence-corrected chi connectivity index (χ3v) is 3.21. The Kier molecular flexibility index (Phi) is 4.52. The van der Waals surface area contributed by atoms with Crippen molar-refractivity contribution in [2.75, 3.05) is 13.1 Å². The average Bonchev–Trinajstić information content (AvgIpc) is 2.28. The minimum atomic E-state index is -0.885. The summed E-state index contributed by atoms with van der Waals surface area (Å²) in [6.45, 7) is 4.11. The van der Waals surface area contributed by atoms with E-state index >= 15 is 0 Å². The third kappa shape index (κ3) is 2.91. The molecule has 0 radical (unpaired) electrons. The number of carbonyl (C=O) groups excluding carboxylic acids is 2. The van der Waals surface area contributed by atoms with Gasteiger partial charge in [0.05, 0.1) is 0 Å². The first kappa shape index (κ1) is 14.3. The standard InChI is InChI=1S/C11H20N4O3/c1-7-5-11(6-7,9(12)15-18)10(17)14-4-3-13-8(2)16/h7,18H,3-6H2,1-2H3,(H2,12,15)(H,13,16)(H,14,17). The van der Waals surface area contributed by atoms with Gasteiger partial charge in [0, 0.05) is 20.0 Å². The van der Waals surface area contributed by atoms with Gasteiger partial charge in [-0.15, -0.1) is 0 Å². The maximum absolute atomic E-state index is 12.0. The normalized spacial score (nSPS) is 27.2. The van der Waals surface area contributed by atoms with Gasteiger partial charge in [-0.2, -0.15) is 0 Å². The fourth-order valence-electron chi connectivity index (χ4n) is 2.32. The van der Waals surface area contributed by atoms with Gasteiger partial charge >= 0.3 is 0 Å². The van der Waals surface area contributed by atoms with Gasteiger partial charge in [0.1, 0.15) is 5.41 Å². The zero-order valence-electron chi connectivity index (χ0n) is 10.7. The SMILES string of the molecule is CC(=O)NCCNC(=O)C1(C(N)=NO)CC(C)C1. The number of hydrogen-bond donors (Lipinski definition) is 4. The second kappa shape index (κ2) is 5.70. The number of carbonyl (C=O) groups is 2. The number of amidine groups is 1. The van der Waals surface area contributed by atoms with Crippen molar-refractivity contribution in [3.05, 3.63) is 0 Å². The van der Waals surface area contributed by atoms with Gasteiger partial charge in [-0.05, 0) is 18.8 Å². The lowest BCUT2D eigenvalue weighted by molar-refractivity contribution is -0.133. The van der Waals surface area contributed by atoms with E-state index in [9.17, 15) is 9.59 Å². The topological polar surface area (TPSA) is 117 Å². The summed E-state index contributed by atoms with van der Waals surface area (Å²) in [6.07, 6.45) is 1.16. The molecule has 0 spiro atoms. The van der Waals surface area contributed by atoms with Crippen LogP contribution in [0, 0.1) is 11.3 Å². The lowest BCUT2D eigenvalue weighted by Crippen LogP contribution is -2.57. The molecular weight excluding hydrogens is 236 g/mol. The highest BCUT2D eigenvalue weighted by molar-refractivity contribution is 6.07. The van der Waals surface area contributed by atoms with Crippen molar-refractivity contribution in [2.45, 2.75) is 26.7 Å². The summed E-state index contributed by atoms with van der Waals surface area (Å²) in [5.74, 6) is -0.0575. The van der Waals surface area contributed by atoms with Crippen LogP contribution in [0.4, 0.5) is 0 Å². The van der Waals surface area contributed by atoms with Gasteiger partial charge in [0.2, 0.25) is 11.8 Å². The Balaban J connectivity index is 2.50. The molecule has 102 valence electrons. The summed E-state index contributed by atoms with van der Waals surface area (Å²) < 4.78 is 0. The molecule has 0 heterocycles. The Morgan fingerprint density at radius 2 is 1.94 bits per heavy atom. The molecule has 0 aromatic rings. The van der Waals surface area contributed by atoms with Crippen molar-refractivity contribution in [1.82, 2.24) is 10.6 Å². The Bertz CT molecular complexity index is 361. The molecule has 0 aromatic heterocycles. The van der Waals surface area contributed by atoms with Crippen LogP contribution in [0.15, 0.2) is 5.16 Å². The maximum Gasteiger partial charge on any atom is 0.234 e. The summed E-state index contributed by atoms with van der Waals surface area (Å²) in [4.78, 5) is 22.7. The molecule has 0 bridgehead atoms. The lowest BCUT2D eigenvalue weighted by Gasteiger charge is -2.43. The van der Waals surface area contributed by atoms with E-state index in [1.807, 2.05) is 6.92 Å². The van der Waals surface area contributed by atoms with Crippen LogP contribution >= 0.6 is 0 Å². The van der Waals surface area contributed by atoms with E-state index in [-0.39, 0.29) is 17.6 Å². The van der Waals surface area contributed by atoms with Gasteiger partial charge in [-0.25, -0.2) is 0 Å². The highest BCUT2D eigenvalue weighted by Crippen LogP contribution is 2.45. The monoisotopic (exact) mass is 256 g/mol. The van der Waals surface area contributed by atoms with Crippen LogP contribution in [0.25, 0.3) is 0 Å². The molecule has 0 unspecified atom stereocenters. The molecule has 2 amide bonds. The number of nitrogens with two attached hydrogens (primary N) is 1. The first-order valence-corrected chi connectivity index (χ1v) is 5.93. The molecule has 18 heavy (non-hydrogen) atoms. The molecule has 7 heteroatoms. The molecule has 7 nitrogen and oxygen atoms in total. The Hall–Kier alpha value is -1.79. The largest absolute Gasteiger partial charge is 0.409 e. The van der Waals surface area contributed by atoms with E-state index in [4.69, 9.17) is 10.9 Å². The zero-order chi connectivity index (χ0) is 13.8. The second-order valence-corrected chi connectivity index (χ2v) is 4.82. The van der Waals surface area contributed by atoms with Crippen molar-refractivity contribution in [3.63, 3.8) is 0 Å². The van der Waals surface area contributed by atoms with E-state index in [1.165, 1.54) is 6.92 Å². The molecule has 0 saturated heterocycles. The molecule has 1 fully saturated rings. The Labute approximate surface area is 106 Å². The van der Waals surface area contributed by atoms with E-state index in [1.54, 1.807) is 0 Å². The van der Waals surface area contributed by atoms with E-state index < -0.39 is 5.41 Å². The van der Waals surface area contributed by atoms with Crippen LogP contribution in [0.2, 0.25) is 0 Å². The predicted octanol–water partition coefficient (Wildman–Crippen LogP) is -0.599. The van der Waals surface area contributed by atoms with Crippen LogP contribution < -0.4 is 16.4 Å². The lowest BCUT2D eigenvalue weighted by atomic mass is 9.61. The third-order valence-electron chi connectivity index (χ3n) is 3.21. The summed E-state index contributed by atoms with van der Waals surface area (Å²) in [7, 11) is 0. The number of rotatable bonds is 5. The first-order valence-electron chi connectivity index (χ1n) is 5.93. The summed E-state index contributed by atoms with van der Waals surface area (Å²) in [6, 6.07) is 0. The second-order valence-electron chi connectivity index (χ2n) is 4.82. The van der Waals surface area contributed by atoms with E-state index in [0.29, 0.717) is 31.8 Å². The predicted molar refractivity (Wildman–Crippen MR) is 65.9 cm³/mol. The first-order chi connectivity index (χ1) is 8.42. The molecule has 0 aliphatic heterocycles. The molecule has 5 N–H and O–H groups in total. The van der Waals surface area contributed by atoms with Crippen molar-refractivity contribution >= 4 is 17.6 Å². The number of oxime groups is 1. The number of hydrogen-bond acceptors (Lipinski definition) is 4. The average molecular weight is 256 g/mol. The van der Waals surface area contributed by atoms with Gasteiger partial charge < -0.3 is 21.6 Å². The minimum Gasteiger partial charge on any atom is -0.409 e. The van der Waals surface area contributed by atoms with Gasteiger partial charge in [0.15, 0.2) is 5.84 Å². The molecule has 1 saturated carbocycles. The fraction of sp³-hybridized carbons (Fsp3) is 0.727. The summed E-state index contributed by atoms with van der Waals surface area (Å²) in [5, 5.41) is 17.0. The van der Waals surface area contributed by atoms with Crippen LogP contribution in [0.5, 0.6) is 0 Å². The highest BCUT2D eigenvalue weighted by Gasteiger charge is 2.51. The van der Waals surface area contributed by atoms with E-state index in [2.05, 4.69) is 15.8 Å². The van der Waals surface area contributed by atoms with Gasteiger partial charge in [-0.1, -0.05) is 12.1 Å². The number of nitrogens with one attached hydrogen (secondary N) is 2. The molecule has 1 aliphatic carbocycles. The molecule has 0 atom stereocenters. The maximum atomic E-state index is 12.0. The molecular formula is C11H20N4O3. The zero-order valence-corrected chi connectivity index (χ0v) is 10.7. The molecule has 1 aliphatic rings. The summed E-state index contributed by atoms with van der Waals surface area (Å²) in [5.41, 5.74) is 4.71. The van der Waals surface area contributed by atoms with Crippen molar-refractivity contribution in [2.24, 2.45) is 22.2 Å². The van der Waals surface area contributed by atoms with Crippen LogP contribution in [0.1, 0.15) is 26.7 Å². The van der Waals surface area contributed by atoms with E-state index in [0.717, 1.165) is 0 Å². The van der Waals surface area contributed by atoms with Crippen molar-refractivity contribution < 1.29 is 14.8 Å². The Morgan fingerprint density at radius 1 is 1.39 bits per heavy atom. The fourth-order valence-corrected chi connectivity index (χ4v) is 2.32. The molecule has 1 rings (SSSR count). The number of amides is 2. The highest BCUT2D eigenvalue weighted by atomic mass is 16.4. The van der Waals surface area contributed by atoms with Gasteiger partial charge in [0.25, 0.3) is 0 Å². The number of nitrogens with zero attached hydrogens (tertiary/aromatic N) is 1. The van der Waals surface area contributed by atoms with Crippen LogP contribution in [-0.4, -0.2) is 35.9 Å². The van der Waals surface area contributed by atoms with Crippen LogP contribution in [0.3, 0.4) is 0 Å². The smallest absolute Gasteiger partial charge is 0.234 e. The van der Waals surface area contributed by atoms with Crippen LogP contribution in [-0.2, 0) is 9.59 Å².